The van der Waals surface area contributed by atoms with Crippen LogP contribution in [0.3, 0.4) is 0 Å². The van der Waals surface area contributed by atoms with Crippen LogP contribution < -0.4 is 14.8 Å². The molecule has 0 atom stereocenters. The molecular formula is C19H19FN2O3. The van der Waals surface area contributed by atoms with E-state index in [2.05, 4.69) is 10.3 Å². The van der Waals surface area contributed by atoms with Crippen LogP contribution in [0.2, 0.25) is 0 Å². The van der Waals surface area contributed by atoms with Crippen LogP contribution >= 0.6 is 0 Å². The summed E-state index contributed by atoms with van der Waals surface area (Å²) in [6, 6.07) is 9.66. The second-order valence-corrected chi connectivity index (χ2v) is 5.61. The number of carbonyl (C=O) groups excluding carboxylic acids is 1. The number of benzene rings is 2. The molecule has 0 spiro atoms. The minimum absolute atomic E-state index is 0.205. The Morgan fingerprint density at radius 2 is 1.84 bits per heavy atom. The van der Waals surface area contributed by atoms with E-state index in [0.29, 0.717) is 30.0 Å². The summed E-state index contributed by atoms with van der Waals surface area (Å²) in [4.78, 5) is 15.4. The van der Waals surface area contributed by atoms with Gasteiger partial charge in [-0.2, -0.15) is 0 Å². The van der Waals surface area contributed by atoms with Crippen LogP contribution in [0.1, 0.15) is 15.9 Å². The maximum absolute atomic E-state index is 13.2. The molecule has 6 heteroatoms. The van der Waals surface area contributed by atoms with Gasteiger partial charge in [-0.3, -0.25) is 4.79 Å². The van der Waals surface area contributed by atoms with E-state index in [9.17, 15) is 9.18 Å². The van der Waals surface area contributed by atoms with E-state index >= 15 is 0 Å². The smallest absolute Gasteiger partial charge is 0.251 e. The molecule has 130 valence electrons. The molecule has 0 aliphatic heterocycles. The zero-order chi connectivity index (χ0) is 17.8. The summed E-state index contributed by atoms with van der Waals surface area (Å²) in [5, 5.41) is 3.84. The number of rotatable bonds is 6. The van der Waals surface area contributed by atoms with Crippen LogP contribution in [0.4, 0.5) is 4.39 Å². The van der Waals surface area contributed by atoms with Gasteiger partial charge in [0.25, 0.3) is 5.91 Å². The van der Waals surface area contributed by atoms with Gasteiger partial charge >= 0.3 is 0 Å². The highest BCUT2D eigenvalue weighted by Crippen LogP contribution is 2.22. The summed E-state index contributed by atoms with van der Waals surface area (Å²) in [6.07, 6.45) is 2.48. The molecule has 0 saturated carbocycles. The number of aromatic amines is 1. The summed E-state index contributed by atoms with van der Waals surface area (Å²) in [5.41, 5.74) is 2.24. The maximum Gasteiger partial charge on any atom is 0.251 e. The zero-order valence-electron chi connectivity index (χ0n) is 14.1. The van der Waals surface area contributed by atoms with Gasteiger partial charge in [-0.05, 0) is 42.3 Å². The highest BCUT2D eigenvalue weighted by atomic mass is 19.1. The highest BCUT2D eigenvalue weighted by Gasteiger charge is 2.10. The predicted molar refractivity (Wildman–Crippen MR) is 93.8 cm³/mol. The Morgan fingerprint density at radius 3 is 2.52 bits per heavy atom. The lowest BCUT2D eigenvalue weighted by Crippen LogP contribution is -2.25. The van der Waals surface area contributed by atoms with Crippen molar-refractivity contribution in [3.05, 3.63) is 59.5 Å². The van der Waals surface area contributed by atoms with Crippen LogP contribution in [-0.2, 0) is 6.42 Å². The van der Waals surface area contributed by atoms with E-state index < -0.39 is 0 Å². The van der Waals surface area contributed by atoms with Crippen molar-refractivity contribution in [2.45, 2.75) is 6.42 Å². The van der Waals surface area contributed by atoms with Crippen LogP contribution in [0.5, 0.6) is 11.5 Å². The van der Waals surface area contributed by atoms with Crippen molar-refractivity contribution in [2.75, 3.05) is 20.8 Å². The molecule has 3 aromatic rings. The Bertz CT molecular complexity index is 883. The summed E-state index contributed by atoms with van der Waals surface area (Å²) in [7, 11) is 3.08. The van der Waals surface area contributed by atoms with Gasteiger partial charge < -0.3 is 19.8 Å². The molecule has 3 rings (SSSR count). The Kier molecular flexibility index (Phi) is 4.88. The van der Waals surface area contributed by atoms with Crippen molar-refractivity contribution in [1.82, 2.24) is 10.3 Å². The molecule has 0 aliphatic carbocycles. The Balaban J connectivity index is 1.66. The molecule has 0 fully saturated rings. The van der Waals surface area contributed by atoms with Crippen LogP contribution in [0, 0.1) is 5.82 Å². The summed E-state index contributed by atoms with van der Waals surface area (Å²) in [5.74, 6) is 0.635. The normalized spacial score (nSPS) is 10.7. The van der Waals surface area contributed by atoms with Crippen molar-refractivity contribution in [3.8, 4) is 11.5 Å². The quantitative estimate of drug-likeness (QED) is 0.722. The number of halogens is 1. The number of fused-ring (bicyclic) bond motifs is 1. The minimum Gasteiger partial charge on any atom is -0.497 e. The average Bonchev–Trinajstić information content (AvgIpc) is 3.03. The first kappa shape index (κ1) is 16.8. The molecule has 25 heavy (non-hydrogen) atoms. The number of ether oxygens (including phenoxy) is 2. The predicted octanol–water partition coefficient (Wildman–Crippen LogP) is 3.30. The molecule has 1 heterocycles. The molecular weight excluding hydrogens is 323 g/mol. The SMILES string of the molecule is COc1cc(OC)cc(C(=O)NCCc2c[nH]c3cc(F)ccc23)c1. The average molecular weight is 342 g/mol. The van der Waals surface area contributed by atoms with Crippen molar-refractivity contribution in [2.24, 2.45) is 0 Å². The van der Waals surface area contributed by atoms with Crippen molar-refractivity contribution < 1.29 is 18.7 Å². The lowest BCUT2D eigenvalue weighted by molar-refractivity contribution is 0.0953. The Hall–Kier alpha value is -3.02. The third-order valence-corrected chi connectivity index (χ3v) is 4.02. The topological polar surface area (TPSA) is 63.4 Å². The molecule has 2 N–H and O–H groups in total. The fourth-order valence-electron chi connectivity index (χ4n) is 2.72. The van der Waals surface area contributed by atoms with Gasteiger partial charge in [0.1, 0.15) is 17.3 Å². The second-order valence-electron chi connectivity index (χ2n) is 5.61. The molecule has 0 radical (unpaired) electrons. The number of carbonyl (C=O) groups is 1. The van der Waals surface area contributed by atoms with Crippen molar-refractivity contribution in [3.63, 3.8) is 0 Å². The van der Waals surface area contributed by atoms with Gasteiger partial charge in [-0.15, -0.1) is 0 Å². The van der Waals surface area contributed by atoms with Crippen molar-refractivity contribution >= 4 is 16.8 Å². The van der Waals surface area contributed by atoms with E-state index in [1.54, 1.807) is 24.3 Å². The van der Waals surface area contributed by atoms with Crippen LogP contribution in [0.25, 0.3) is 10.9 Å². The first-order chi connectivity index (χ1) is 12.1. The van der Waals surface area contributed by atoms with Gasteiger partial charge in [0.05, 0.1) is 14.2 Å². The van der Waals surface area contributed by atoms with E-state index in [4.69, 9.17) is 9.47 Å². The first-order valence-corrected chi connectivity index (χ1v) is 7.87. The first-order valence-electron chi connectivity index (χ1n) is 7.87. The molecule has 5 nitrogen and oxygen atoms in total. The van der Waals surface area contributed by atoms with Gasteiger partial charge in [0.15, 0.2) is 0 Å². The summed E-state index contributed by atoms with van der Waals surface area (Å²) in [6.45, 7) is 0.461. The number of amides is 1. The molecule has 0 saturated heterocycles. The van der Waals surface area contributed by atoms with E-state index in [-0.39, 0.29) is 11.7 Å². The number of hydrogen-bond acceptors (Lipinski definition) is 3. The minimum atomic E-state index is -0.277. The fourth-order valence-corrected chi connectivity index (χ4v) is 2.72. The lowest BCUT2D eigenvalue weighted by Gasteiger charge is -2.09. The summed E-state index contributed by atoms with van der Waals surface area (Å²) >= 11 is 0. The van der Waals surface area contributed by atoms with Crippen LogP contribution in [-0.4, -0.2) is 31.7 Å². The van der Waals surface area contributed by atoms with E-state index in [1.807, 2.05) is 6.20 Å². The largest absolute Gasteiger partial charge is 0.497 e. The monoisotopic (exact) mass is 342 g/mol. The third kappa shape index (κ3) is 3.74. The van der Waals surface area contributed by atoms with Gasteiger partial charge in [-0.1, -0.05) is 0 Å². The number of nitrogens with one attached hydrogen (secondary N) is 2. The molecule has 1 amide bonds. The molecule has 0 unspecified atom stereocenters. The summed E-state index contributed by atoms with van der Waals surface area (Å²) < 4.78 is 23.6. The van der Waals surface area contributed by atoms with E-state index in [1.165, 1.54) is 26.4 Å². The Morgan fingerprint density at radius 1 is 1.12 bits per heavy atom. The van der Waals surface area contributed by atoms with Gasteiger partial charge in [-0.25, -0.2) is 4.39 Å². The second kappa shape index (κ2) is 7.25. The third-order valence-electron chi connectivity index (χ3n) is 4.02. The maximum atomic E-state index is 13.2. The van der Waals surface area contributed by atoms with Gasteiger partial charge in [0.2, 0.25) is 0 Å². The standard InChI is InChI=1S/C19H19FN2O3/c1-24-15-7-13(8-16(10-15)25-2)19(23)21-6-5-12-11-22-18-9-14(20)3-4-17(12)18/h3-4,7-11,22H,5-6H2,1-2H3,(H,21,23). The molecule has 0 bridgehead atoms. The lowest BCUT2D eigenvalue weighted by atomic mass is 10.1. The fraction of sp³-hybridized carbons (Fsp3) is 0.211. The van der Waals surface area contributed by atoms with Gasteiger partial charge in [0, 0.05) is 35.3 Å². The van der Waals surface area contributed by atoms with Crippen LogP contribution in [0.15, 0.2) is 42.6 Å². The molecule has 2 aromatic carbocycles. The molecule has 0 aliphatic rings. The van der Waals surface area contributed by atoms with E-state index in [0.717, 1.165) is 16.5 Å². The Labute approximate surface area is 144 Å². The highest BCUT2D eigenvalue weighted by molar-refractivity contribution is 5.95. The zero-order valence-corrected chi connectivity index (χ0v) is 14.1. The van der Waals surface area contributed by atoms with Crippen molar-refractivity contribution in [1.29, 1.82) is 0 Å². The number of aromatic nitrogens is 1. The number of H-pyrrole nitrogens is 1. The number of methoxy groups -OCH3 is 2. The molecule has 1 aromatic heterocycles. The number of hydrogen-bond donors (Lipinski definition) is 2.